The van der Waals surface area contributed by atoms with E-state index in [4.69, 9.17) is 9.47 Å². The summed E-state index contributed by atoms with van der Waals surface area (Å²) in [5, 5.41) is 3.24. The van der Waals surface area contributed by atoms with Crippen LogP contribution < -0.4 is 5.32 Å². The average molecular weight is 474 g/mol. The second-order valence-corrected chi connectivity index (χ2v) is 9.29. The standard InChI is InChI=1S/C30H35NO4/c1-21(2)17-27(30(33)35-20-23-9-6-5-7-10-23)31-28(29(32)34-4)19-24-11-8-12-26(18-24)25-15-13-22(3)14-16-25/h5-16,18,21,27-28,31H,17,19-20H2,1-4H3/t27-,28?/m0/s1. The molecule has 0 radical (unpaired) electrons. The normalized spacial score (nSPS) is 12.7. The van der Waals surface area contributed by atoms with Gasteiger partial charge in [0.1, 0.15) is 18.7 Å². The molecule has 2 atom stereocenters. The van der Waals surface area contributed by atoms with E-state index in [-0.39, 0.29) is 18.5 Å². The van der Waals surface area contributed by atoms with Crippen molar-refractivity contribution in [2.24, 2.45) is 5.92 Å². The number of ether oxygens (including phenoxy) is 2. The Labute approximate surface area is 208 Å². The molecule has 1 N–H and O–H groups in total. The largest absolute Gasteiger partial charge is 0.468 e. The lowest BCUT2D eigenvalue weighted by Gasteiger charge is -2.24. The number of hydrogen-bond donors (Lipinski definition) is 1. The average Bonchev–Trinajstić information content (AvgIpc) is 2.87. The molecular weight excluding hydrogens is 438 g/mol. The number of aryl methyl sites for hydroxylation is 1. The number of benzene rings is 3. The maximum atomic E-state index is 13.0. The van der Waals surface area contributed by atoms with Crippen LogP contribution >= 0.6 is 0 Å². The van der Waals surface area contributed by atoms with Gasteiger partial charge in [0.2, 0.25) is 0 Å². The second kappa shape index (κ2) is 12.9. The molecule has 35 heavy (non-hydrogen) atoms. The highest BCUT2D eigenvalue weighted by Crippen LogP contribution is 2.22. The summed E-state index contributed by atoms with van der Waals surface area (Å²) < 4.78 is 10.7. The molecule has 0 saturated heterocycles. The molecule has 0 fully saturated rings. The highest BCUT2D eigenvalue weighted by Gasteiger charge is 2.29. The Bertz CT molecular complexity index is 1090. The minimum atomic E-state index is -0.679. The van der Waals surface area contributed by atoms with Crippen molar-refractivity contribution in [3.05, 3.63) is 95.6 Å². The summed E-state index contributed by atoms with van der Waals surface area (Å²) in [6.45, 7) is 6.33. The van der Waals surface area contributed by atoms with E-state index in [9.17, 15) is 9.59 Å². The van der Waals surface area contributed by atoms with Crippen molar-refractivity contribution in [2.75, 3.05) is 7.11 Å². The molecule has 0 amide bonds. The molecule has 5 nitrogen and oxygen atoms in total. The van der Waals surface area contributed by atoms with Crippen LogP contribution in [0.25, 0.3) is 11.1 Å². The van der Waals surface area contributed by atoms with Crippen LogP contribution in [0.4, 0.5) is 0 Å². The van der Waals surface area contributed by atoms with Gasteiger partial charge in [0, 0.05) is 0 Å². The van der Waals surface area contributed by atoms with Gasteiger partial charge in [-0.3, -0.25) is 14.9 Å². The zero-order chi connectivity index (χ0) is 25.2. The lowest BCUT2D eigenvalue weighted by Crippen LogP contribution is -2.49. The first-order valence-electron chi connectivity index (χ1n) is 12.1. The minimum Gasteiger partial charge on any atom is -0.468 e. The number of nitrogens with one attached hydrogen (secondary N) is 1. The van der Waals surface area contributed by atoms with Crippen molar-refractivity contribution in [2.45, 2.75) is 52.3 Å². The number of carbonyl (C=O) groups excluding carboxylic acids is 2. The van der Waals surface area contributed by atoms with Crippen LogP contribution in [0.2, 0.25) is 0 Å². The first-order chi connectivity index (χ1) is 16.9. The van der Waals surface area contributed by atoms with Crippen LogP contribution in [0.3, 0.4) is 0 Å². The molecule has 0 saturated carbocycles. The summed E-state index contributed by atoms with van der Waals surface area (Å²) in [6.07, 6.45) is 0.942. The van der Waals surface area contributed by atoms with E-state index in [2.05, 4.69) is 48.6 Å². The van der Waals surface area contributed by atoms with Crippen LogP contribution in [-0.4, -0.2) is 31.1 Å². The summed E-state index contributed by atoms with van der Waals surface area (Å²) >= 11 is 0. The Morgan fingerprint density at radius 2 is 1.49 bits per heavy atom. The molecule has 0 aliphatic carbocycles. The minimum absolute atomic E-state index is 0.192. The number of rotatable bonds is 11. The topological polar surface area (TPSA) is 64.6 Å². The van der Waals surface area contributed by atoms with Crippen molar-refractivity contribution in [3.8, 4) is 11.1 Å². The molecule has 3 aromatic carbocycles. The molecule has 0 spiro atoms. The summed E-state index contributed by atoms with van der Waals surface area (Å²) in [5.41, 5.74) is 5.29. The van der Waals surface area contributed by atoms with Crippen LogP contribution in [0.5, 0.6) is 0 Å². The fourth-order valence-electron chi connectivity index (χ4n) is 3.99. The monoisotopic (exact) mass is 473 g/mol. The molecule has 5 heteroatoms. The van der Waals surface area contributed by atoms with Gasteiger partial charge in [-0.25, -0.2) is 0 Å². The van der Waals surface area contributed by atoms with E-state index in [0.717, 1.165) is 22.3 Å². The molecule has 0 aliphatic heterocycles. The predicted molar refractivity (Wildman–Crippen MR) is 139 cm³/mol. The second-order valence-electron chi connectivity index (χ2n) is 9.29. The van der Waals surface area contributed by atoms with Crippen molar-refractivity contribution < 1.29 is 19.1 Å². The van der Waals surface area contributed by atoms with E-state index in [1.54, 1.807) is 0 Å². The van der Waals surface area contributed by atoms with Crippen LogP contribution in [0.1, 0.15) is 37.0 Å². The molecule has 3 aromatic rings. The molecule has 0 heterocycles. The first kappa shape index (κ1) is 26.2. The number of carbonyl (C=O) groups is 2. The van der Waals surface area contributed by atoms with Crippen molar-refractivity contribution in [3.63, 3.8) is 0 Å². The smallest absolute Gasteiger partial charge is 0.323 e. The predicted octanol–water partition coefficient (Wildman–Crippen LogP) is 5.49. The third-order valence-electron chi connectivity index (χ3n) is 5.86. The fourth-order valence-corrected chi connectivity index (χ4v) is 3.99. The lowest BCUT2D eigenvalue weighted by atomic mass is 9.97. The third kappa shape index (κ3) is 8.08. The molecule has 3 rings (SSSR count). The Morgan fingerprint density at radius 3 is 2.14 bits per heavy atom. The van der Waals surface area contributed by atoms with E-state index in [0.29, 0.717) is 12.8 Å². The Kier molecular flexibility index (Phi) is 9.62. The van der Waals surface area contributed by atoms with E-state index in [1.807, 2.05) is 56.3 Å². The van der Waals surface area contributed by atoms with E-state index < -0.39 is 18.1 Å². The molecular formula is C30H35NO4. The maximum Gasteiger partial charge on any atom is 0.323 e. The summed E-state index contributed by atoms with van der Waals surface area (Å²) in [6, 6.07) is 24.7. The summed E-state index contributed by atoms with van der Waals surface area (Å²) in [4.78, 5) is 25.7. The Balaban J connectivity index is 1.75. The van der Waals surface area contributed by atoms with Crippen molar-refractivity contribution in [1.82, 2.24) is 5.32 Å². The third-order valence-corrected chi connectivity index (χ3v) is 5.86. The van der Waals surface area contributed by atoms with Crippen LogP contribution in [0, 0.1) is 12.8 Å². The van der Waals surface area contributed by atoms with E-state index in [1.165, 1.54) is 12.7 Å². The number of esters is 2. The molecule has 184 valence electrons. The van der Waals surface area contributed by atoms with Gasteiger partial charge < -0.3 is 9.47 Å². The van der Waals surface area contributed by atoms with Crippen LogP contribution in [-0.2, 0) is 32.1 Å². The van der Waals surface area contributed by atoms with E-state index >= 15 is 0 Å². The van der Waals surface area contributed by atoms with Gasteiger partial charge in [-0.1, -0.05) is 98.3 Å². The lowest BCUT2D eigenvalue weighted by molar-refractivity contribution is -0.149. The molecule has 1 unspecified atom stereocenters. The van der Waals surface area contributed by atoms with Gasteiger partial charge in [-0.15, -0.1) is 0 Å². The Morgan fingerprint density at radius 1 is 0.800 bits per heavy atom. The van der Waals surface area contributed by atoms with Gasteiger partial charge in [-0.05, 0) is 47.9 Å². The maximum absolute atomic E-state index is 13.0. The highest BCUT2D eigenvalue weighted by molar-refractivity contribution is 5.80. The van der Waals surface area contributed by atoms with Crippen molar-refractivity contribution >= 4 is 11.9 Å². The summed E-state index contributed by atoms with van der Waals surface area (Å²) in [7, 11) is 1.37. The van der Waals surface area contributed by atoms with Crippen molar-refractivity contribution in [1.29, 1.82) is 0 Å². The number of hydrogen-bond acceptors (Lipinski definition) is 5. The summed E-state index contributed by atoms with van der Waals surface area (Å²) in [5.74, 6) is -0.542. The zero-order valence-electron chi connectivity index (χ0n) is 21.0. The molecule has 0 aliphatic rings. The SMILES string of the molecule is COC(=O)C(Cc1cccc(-c2ccc(C)cc2)c1)N[C@@H](CC(C)C)C(=O)OCc1ccccc1. The van der Waals surface area contributed by atoms with Gasteiger partial charge in [0.15, 0.2) is 0 Å². The fraction of sp³-hybridized carbons (Fsp3) is 0.333. The molecule has 0 aromatic heterocycles. The molecule has 0 bridgehead atoms. The zero-order valence-corrected chi connectivity index (χ0v) is 21.0. The van der Waals surface area contributed by atoms with Gasteiger partial charge in [0.25, 0.3) is 0 Å². The highest BCUT2D eigenvalue weighted by atomic mass is 16.5. The number of methoxy groups -OCH3 is 1. The first-order valence-corrected chi connectivity index (χ1v) is 12.1. The van der Waals surface area contributed by atoms with Gasteiger partial charge >= 0.3 is 11.9 Å². The Hall–Kier alpha value is -3.44. The quantitative estimate of drug-likeness (QED) is 0.373. The van der Waals surface area contributed by atoms with Crippen LogP contribution in [0.15, 0.2) is 78.9 Å². The van der Waals surface area contributed by atoms with Gasteiger partial charge in [0.05, 0.1) is 7.11 Å². The van der Waals surface area contributed by atoms with Gasteiger partial charge in [-0.2, -0.15) is 0 Å².